The van der Waals surface area contributed by atoms with Gasteiger partial charge in [0.05, 0.1) is 9.82 Å². The number of benzene rings is 2. The third-order valence-electron chi connectivity index (χ3n) is 4.73. The summed E-state index contributed by atoms with van der Waals surface area (Å²) in [5.74, 6) is -0.370. The van der Waals surface area contributed by atoms with E-state index in [1.807, 2.05) is 0 Å². The Morgan fingerprint density at radius 1 is 1.17 bits per heavy atom. The van der Waals surface area contributed by atoms with Crippen molar-refractivity contribution in [3.63, 3.8) is 0 Å². The number of nitrogens with zero attached hydrogens (tertiary/aromatic N) is 2. The van der Waals surface area contributed by atoms with Gasteiger partial charge >= 0.3 is 0 Å². The molecule has 8 nitrogen and oxygen atoms in total. The summed E-state index contributed by atoms with van der Waals surface area (Å²) in [7, 11) is -4.05. The summed E-state index contributed by atoms with van der Waals surface area (Å²) in [5.41, 5.74) is 0.283. The molecular formula is C19H20ClN3O5S. The van der Waals surface area contributed by atoms with Crippen LogP contribution in [-0.4, -0.2) is 36.1 Å². The zero-order valence-electron chi connectivity index (χ0n) is 15.5. The number of sulfonamides is 1. The third-order valence-corrected chi connectivity index (χ3v) is 6.85. The zero-order valence-corrected chi connectivity index (χ0v) is 17.0. The van der Waals surface area contributed by atoms with Crippen molar-refractivity contribution in [3.8, 4) is 0 Å². The van der Waals surface area contributed by atoms with Gasteiger partial charge in [-0.3, -0.25) is 14.9 Å². The molecule has 1 atom stereocenters. The summed E-state index contributed by atoms with van der Waals surface area (Å²) >= 11 is 5.88. The van der Waals surface area contributed by atoms with Gasteiger partial charge in [-0.1, -0.05) is 23.7 Å². The topological polar surface area (TPSA) is 110 Å². The predicted molar refractivity (Wildman–Crippen MR) is 108 cm³/mol. The van der Waals surface area contributed by atoms with Crippen molar-refractivity contribution < 1.29 is 18.1 Å². The molecular weight excluding hydrogens is 418 g/mol. The van der Waals surface area contributed by atoms with Crippen LogP contribution < -0.4 is 5.32 Å². The normalized spacial score (nSPS) is 17.6. The van der Waals surface area contributed by atoms with Gasteiger partial charge in [-0.2, -0.15) is 4.31 Å². The van der Waals surface area contributed by atoms with E-state index in [1.54, 1.807) is 6.07 Å². The molecule has 0 unspecified atom stereocenters. The number of nitrogens with one attached hydrogen (secondary N) is 1. The number of halogens is 1. The first-order chi connectivity index (χ1) is 13.8. The van der Waals surface area contributed by atoms with E-state index in [1.165, 1.54) is 42.5 Å². The number of nitro benzene ring substituents is 1. The molecule has 1 saturated heterocycles. The molecule has 1 aliphatic heterocycles. The van der Waals surface area contributed by atoms with Crippen molar-refractivity contribution in [2.45, 2.75) is 36.7 Å². The Hall–Kier alpha value is -2.49. The first kappa shape index (κ1) is 21.2. The fourth-order valence-electron chi connectivity index (χ4n) is 3.25. The summed E-state index contributed by atoms with van der Waals surface area (Å²) in [4.78, 5) is 23.2. The van der Waals surface area contributed by atoms with Crippen molar-refractivity contribution >= 4 is 33.2 Å². The summed E-state index contributed by atoms with van der Waals surface area (Å²) in [5, 5.41) is 14.2. The van der Waals surface area contributed by atoms with Crippen molar-refractivity contribution in [3.05, 3.63) is 69.2 Å². The van der Waals surface area contributed by atoms with Crippen LogP contribution in [0.25, 0.3) is 0 Å². The standard InChI is InChI=1S/C19H20ClN3O5S/c20-15-7-9-17(10-8-15)29(27,28)22(18-6-1-2-11-21-19(18)24)13-14-4-3-5-16(12-14)23(25)26/h3-5,7-10,12,18H,1-2,6,11,13H2,(H,21,24)/t18-/m1/s1. The summed E-state index contributed by atoms with van der Waals surface area (Å²) in [6.07, 6.45) is 1.81. The Labute approximate surface area is 173 Å². The van der Waals surface area contributed by atoms with Gasteiger partial charge in [0.15, 0.2) is 0 Å². The lowest BCUT2D eigenvalue weighted by Crippen LogP contribution is -2.48. The molecule has 0 radical (unpaired) electrons. The molecule has 29 heavy (non-hydrogen) atoms. The van der Waals surface area contributed by atoms with Gasteiger partial charge in [0.25, 0.3) is 5.69 Å². The maximum atomic E-state index is 13.4. The van der Waals surface area contributed by atoms with Crippen molar-refractivity contribution in [1.29, 1.82) is 0 Å². The average molecular weight is 438 g/mol. The van der Waals surface area contributed by atoms with Crippen molar-refractivity contribution in [2.24, 2.45) is 0 Å². The molecule has 0 bridgehead atoms. The fraction of sp³-hybridized carbons (Fsp3) is 0.316. The number of hydrogen-bond donors (Lipinski definition) is 1. The van der Waals surface area contributed by atoms with Gasteiger partial charge in [0.2, 0.25) is 15.9 Å². The summed E-state index contributed by atoms with van der Waals surface area (Å²) < 4.78 is 27.9. The van der Waals surface area contributed by atoms with Gasteiger partial charge in [-0.05, 0) is 49.1 Å². The Balaban J connectivity index is 2.03. The van der Waals surface area contributed by atoms with E-state index < -0.39 is 21.0 Å². The smallest absolute Gasteiger partial charge is 0.269 e. The van der Waals surface area contributed by atoms with Gasteiger partial charge < -0.3 is 5.32 Å². The van der Waals surface area contributed by atoms with Gasteiger partial charge in [0.1, 0.15) is 6.04 Å². The molecule has 0 spiro atoms. The lowest BCUT2D eigenvalue weighted by atomic mass is 10.1. The minimum Gasteiger partial charge on any atom is -0.355 e. The number of nitro groups is 1. The van der Waals surface area contributed by atoms with E-state index in [2.05, 4.69) is 5.32 Å². The van der Waals surface area contributed by atoms with E-state index in [0.29, 0.717) is 30.0 Å². The fourth-order valence-corrected chi connectivity index (χ4v) is 4.98. The molecule has 0 aliphatic carbocycles. The van der Waals surface area contributed by atoms with Crippen LogP contribution in [0, 0.1) is 10.1 Å². The SMILES string of the molecule is O=C1NCCCC[C@H]1N(Cc1cccc([N+](=O)[O-])c1)S(=O)(=O)c1ccc(Cl)cc1. The lowest BCUT2D eigenvalue weighted by molar-refractivity contribution is -0.384. The van der Waals surface area contributed by atoms with Crippen LogP contribution >= 0.6 is 11.6 Å². The molecule has 1 fully saturated rings. The second kappa shape index (κ2) is 8.89. The summed E-state index contributed by atoms with van der Waals surface area (Å²) in [6.45, 7) is 0.325. The first-order valence-electron chi connectivity index (χ1n) is 9.07. The molecule has 1 heterocycles. The van der Waals surface area contributed by atoms with Crippen molar-refractivity contribution in [1.82, 2.24) is 9.62 Å². The van der Waals surface area contributed by atoms with Gasteiger partial charge in [0, 0.05) is 30.2 Å². The van der Waals surface area contributed by atoms with E-state index in [0.717, 1.165) is 10.7 Å². The average Bonchev–Trinajstić information content (AvgIpc) is 2.91. The number of carbonyl (C=O) groups excluding carboxylic acids is 1. The molecule has 1 aliphatic rings. The number of non-ortho nitro benzene ring substituents is 1. The molecule has 154 valence electrons. The number of hydrogen-bond acceptors (Lipinski definition) is 5. The minimum absolute atomic E-state index is 0.00405. The quantitative estimate of drug-likeness (QED) is 0.551. The Bertz CT molecular complexity index is 1010. The van der Waals surface area contributed by atoms with Crippen LogP contribution in [0.5, 0.6) is 0 Å². The van der Waals surface area contributed by atoms with Gasteiger partial charge in [-0.15, -0.1) is 0 Å². The molecule has 0 saturated carbocycles. The Morgan fingerprint density at radius 2 is 1.90 bits per heavy atom. The highest BCUT2D eigenvalue weighted by atomic mass is 35.5. The van der Waals surface area contributed by atoms with Crippen LogP contribution in [0.3, 0.4) is 0 Å². The monoisotopic (exact) mass is 437 g/mol. The van der Waals surface area contributed by atoms with Crippen LogP contribution in [0.15, 0.2) is 53.4 Å². The molecule has 2 aromatic carbocycles. The van der Waals surface area contributed by atoms with Gasteiger partial charge in [-0.25, -0.2) is 8.42 Å². The predicted octanol–water partition coefficient (Wildman–Crippen LogP) is 3.11. The second-order valence-electron chi connectivity index (χ2n) is 6.73. The number of amides is 1. The van der Waals surface area contributed by atoms with Crippen molar-refractivity contribution in [2.75, 3.05) is 6.54 Å². The third kappa shape index (κ3) is 4.92. The van der Waals surface area contributed by atoms with E-state index in [9.17, 15) is 23.3 Å². The van der Waals surface area contributed by atoms with E-state index in [-0.39, 0.29) is 23.0 Å². The Kier molecular flexibility index (Phi) is 6.51. The van der Waals surface area contributed by atoms with Crippen LogP contribution in [0.2, 0.25) is 5.02 Å². The zero-order chi connectivity index (χ0) is 21.0. The Morgan fingerprint density at radius 3 is 2.59 bits per heavy atom. The highest BCUT2D eigenvalue weighted by Gasteiger charge is 2.36. The maximum Gasteiger partial charge on any atom is 0.269 e. The minimum atomic E-state index is -4.05. The number of carbonyl (C=O) groups is 1. The van der Waals surface area contributed by atoms with Crippen LogP contribution in [0.4, 0.5) is 5.69 Å². The molecule has 1 N–H and O–H groups in total. The molecule has 1 amide bonds. The van der Waals surface area contributed by atoms with E-state index >= 15 is 0 Å². The molecule has 2 aromatic rings. The first-order valence-corrected chi connectivity index (χ1v) is 10.9. The lowest BCUT2D eigenvalue weighted by Gasteiger charge is -2.29. The maximum absolute atomic E-state index is 13.4. The number of rotatable bonds is 6. The van der Waals surface area contributed by atoms with E-state index in [4.69, 9.17) is 11.6 Å². The molecule has 0 aromatic heterocycles. The highest BCUT2D eigenvalue weighted by Crippen LogP contribution is 2.26. The second-order valence-corrected chi connectivity index (χ2v) is 9.06. The molecule has 10 heteroatoms. The van der Waals surface area contributed by atoms with Crippen LogP contribution in [-0.2, 0) is 21.4 Å². The summed E-state index contributed by atoms with van der Waals surface area (Å²) in [6, 6.07) is 10.5. The highest BCUT2D eigenvalue weighted by molar-refractivity contribution is 7.89. The van der Waals surface area contributed by atoms with Crippen LogP contribution in [0.1, 0.15) is 24.8 Å². The largest absolute Gasteiger partial charge is 0.355 e. The molecule has 3 rings (SSSR count).